The molecule has 0 aliphatic rings. The second-order valence-corrected chi connectivity index (χ2v) is 9.43. The van der Waals surface area contributed by atoms with Gasteiger partial charge in [0.1, 0.15) is 0 Å². The van der Waals surface area contributed by atoms with Crippen LogP contribution in [-0.2, 0) is 4.79 Å². The fourth-order valence-corrected chi connectivity index (χ4v) is 3.70. The molecule has 0 amide bonds. The normalized spacial score (nSPS) is 17.1. The van der Waals surface area contributed by atoms with Crippen LogP contribution in [0.1, 0.15) is 112 Å². The van der Waals surface area contributed by atoms with E-state index in [-0.39, 0.29) is 5.92 Å². The molecule has 3 atom stereocenters. The van der Waals surface area contributed by atoms with Gasteiger partial charge in [-0.05, 0) is 50.4 Å². The van der Waals surface area contributed by atoms with Crippen LogP contribution in [0.3, 0.4) is 0 Å². The Balaban J connectivity index is 3.86. The maximum absolute atomic E-state index is 10.9. The molecule has 0 heterocycles. The monoisotopic (exact) mass is 356 g/mol. The highest BCUT2D eigenvalue weighted by Gasteiger charge is 2.20. The Kier molecular flexibility index (Phi) is 11.7. The van der Waals surface area contributed by atoms with Crippen LogP contribution >= 0.6 is 0 Å². The maximum atomic E-state index is 10.9. The summed E-state index contributed by atoms with van der Waals surface area (Å²) in [5, 5.41) is 19.2. The van der Waals surface area contributed by atoms with Crippen molar-refractivity contribution in [1.82, 2.24) is 0 Å². The molecule has 0 aliphatic heterocycles. The van der Waals surface area contributed by atoms with Gasteiger partial charge in [0.05, 0.1) is 11.5 Å². The predicted molar refractivity (Wildman–Crippen MR) is 107 cm³/mol. The van der Waals surface area contributed by atoms with Crippen LogP contribution in [-0.4, -0.2) is 21.8 Å². The third-order valence-electron chi connectivity index (χ3n) is 5.66. The van der Waals surface area contributed by atoms with Gasteiger partial charge in [-0.15, -0.1) is 0 Å². The lowest BCUT2D eigenvalue weighted by molar-refractivity contribution is -0.141. The van der Waals surface area contributed by atoms with Crippen LogP contribution in [0.4, 0.5) is 0 Å². The molecule has 3 nitrogen and oxygen atoms in total. The van der Waals surface area contributed by atoms with E-state index in [0.29, 0.717) is 5.41 Å². The van der Waals surface area contributed by atoms with Crippen LogP contribution in [0, 0.1) is 17.3 Å². The second-order valence-electron chi connectivity index (χ2n) is 9.43. The molecule has 0 saturated heterocycles. The summed E-state index contributed by atoms with van der Waals surface area (Å²) < 4.78 is 0. The first-order valence-electron chi connectivity index (χ1n) is 10.4. The van der Waals surface area contributed by atoms with Crippen molar-refractivity contribution >= 4 is 5.97 Å². The molecule has 0 saturated carbocycles. The summed E-state index contributed by atoms with van der Waals surface area (Å²) >= 11 is 0. The van der Waals surface area contributed by atoms with Gasteiger partial charge in [0.25, 0.3) is 0 Å². The molecule has 0 aromatic rings. The zero-order chi connectivity index (χ0) is 19.5. The molecule has 0 bridgehead atoms. The van der Waals surface area contributed by atoms with E-state index >= 15 is 0 Å². The highest BCUT2D eigenvalue weighted by atomic mass is 16.4. The first-order valence-corrected chi connectivity index (χ1v) is 10.4. The van der Waals surface area contributed by atoms with Gasteiger partial charge < -0.3 is 10.2 Å². The van der Waals surface area contributed by atoms with Gasteiger partial charge in [0.2, 0.25) is 0 Å². The lowest BCUT2D eigenvalue weighted by atomic mass is 9.80. The minimum Gasteiger partial charge on any atom is -0.481 e. The molecule has 0 radical (unpaired) electrons. The third kappa shape index (κ3) is 13.3. The van der Waals surface area contributed by atoms with Crippen molar-refractivity contribution in [3.05, 3.63) is 0 Å². The lowest BCUT2D eigenvalue weighted by Gasteiger charge is -2.26. The van der Waals surface area contributed by atoms with Gasteiger partial charge >= 0.3 is 5.97 Å². The predicted octanol–water partition coefficient (Wildman–Crippen LogP) is 6.43. The lowest BCUT2D eigenvalue weighted by Crippen LogP contribution is -2.23. The Morgan fingerprint density at radius 2 is 1.36 bits per heavy atom. The Bertz CT molecular complexity index is 360. The van der Waals surface area contributed by atoms with Crippen LogP contribution in [0.2, 0.25) is 0 Å². The summed E-state index contributed by atoms with van der Waals surface area (Å²) in [6.07, 6.45) is 11.8. The quantitative estimate of drug-likeness (QED) is 0.355. The Morgan fingerprint density at radius 3 is 1.84 bits per heavy atom. The number of rotatable bonds is 15. The Morgan fingerprint density at radius 1 is 0.880 bits per heavy atom. The van der Waals surface area contributed by atoms with Crippen LogP contribution < -0.4 is 0 Å². The topological polar surface area (TPSA) is 57.5 Å². The third-order valence-corrected chi connectivity index (χ3v) is 5.66. The number of carbonyl (C=O) groups is 1. The van der Waals surface area contributed by atoms with Gasteiger partial charge in [-0.2, -0.15) is 0 Å². The molecule has 25 heavy (non-hydrogen) atoms. The van der Waals surface area contributed by atoms with E-state index in [1.165, 1.54) is 25.7 Å². The largest absolute Gasteiger partial charge is 0.481 e. The fourth-order valence-electron chi connectivity index (χ4n) is 3.70. The van der Waals surface area contributed by atoms with E-state index in [0.717, 1.165) is 50.9 Å². The highest BCUT2D eigenvalue weighted by molar-refractivity contribution is 5.69. The second kappa shape index (κ2) is 11.9. The van der Waals surface area contributed by atoms with Gasteiger partial charge in [-0.3, -0.25) is 4.79 Å². The molecule has 150 valence electrons. The molecule has 0 aromatic carbocycles. The summed E-state index contributed by atoms with van der Waals surface area (Å²) in [6, 6.07) is 0. The van der Waals surface area contributed by atoms with E-state index in [2.05, 4.69) is 27.7 Å². The summed E-state index contributed by atoms with van der Waals surface area (Å²) in [7, 11) is 0. The Hall–Kier alpha value is -0.570. The van der Waals surface area contributed by atoms with Crippen LogP contribution in [0.15, 0.2) is 0 Å². The summed E-state index contributed by atoms with van der Waals surface area (Å²) in [6.45, 7) is 12.8. The number of hydrogen-bond acceptors (Lipinski definition) is 2. The SMILES string of the molecule is CCCC(C)(O)CCCC(C)CCCC(C)(C)CCCC(C)C(=O)O. The van der Waals surface area contributed by atoms with E-state index < -0.39 is 11.6 Å². The van der Waals surface area contributed by atoms with E-state index in [1.54, 1.807) is 6.92 Å². The molecule has 0 aliphatic carbocycles. The van der Waals surface area contributed by atoms with E-state index in [1.807, 2.05) is 6.92 Å². The molecule has 3 unspecified atom stereocenters. The minimum absolute atomic E-state index is 0.222. The van der Waals surface area contributed by atoms with Crippen LogP contribution in [0.25, 0.3) is 0 Å². The van der Waals surface area contributed by atoms with Gasteiger partial charge in [0.15, 0.2) is 0 Å². The van der Waals surface area contributed by atoms with Crippen molar-refractivity contribution in [3.63, 3.8) is 0 Å². The number of carboxylic acid groups (broad SMARTS) is 1. The summed E-state index contributed by atoms with van der Waals surface area (Å²) in [5.41, 5.74) is -0.174. The molecular weight excluding hydrogens is 312 g/mol. The molecule has 2 N–H and O–H groups in total. The standard InChI is InChI=1S/C22H44O3/c1-7-14-22(6,25)17-9-12-18(2)11-8-15-21(4,5)16-10-13-19(3)20(23)24/h18-19,25H,7-17H2,1-6H3,(H,23,24). The summed E-state index contributed by atoms with van der Waals surface area (Å²) in [5.74, 6) is -0.175. The average Bonchev–Trinajstić information content (AvgIpc) is 2.46. The number of aliphatic carboxylic acids is 1. The Labute approximate surface area is 156 Å². The zero-order valence-electron chi connectivity index (χ0n) is 17.7. The summed E-state index contributed by atoms with van der Waals surface area (Å²) in [4.78, 5) is 10.9. The van der Waals surface area contributed by atoms with Crippen LogP contribution in [0.5, 0.6) is 0 Å². The maximum Gasteiger partial charge on any atom is 0.306 e. The zero-order valence-corrected chi connectivity index (χ0v) is 17.7. The first-order chi connectivity index (χ1) is 11.5. The first kappa shape index (κ1) is 24.4. The fraction of sp³-hybridized carbons (Fsp3) is 0.955. The number of carboxylic acids is 1. The molecule has 0 spiro atoms. The van der Waals surface area contributed by atoms with Crippen molar-refractivity contribution in [1.29, 1.82) is 0 Å². The molecule has 0 rings (SSSR count). The van der Waals surface area contributed by atoms with E-state index in [9.17, 15) is 9.90 Å². The molecule has 3 heteroatoms. The number of aliphatic hydroxyl groups is 1. The molecular formula is C22H44O3. The molecule has 0 aromatic heterocycles. The van der Waals surface area contributed by atoms with Gasteiger partial charge in [-0.1, -0.05) is 73.1 Å². The van der Waals surface area contributed by atoms with Crippen molar-refractivity contribution in [2.24, 2.45) is 17.3 Å². The smallest absolute Gasteiger partial charge is 0.306 e. The average molecular weight is 357 g/mol. The highest BCUT2D eigenvalue weighted by Crippen LogP contribution is 2.32. The van der Waals surface area contributed by atoms with Crippen molar-refractivity contribution in [3.8, 4) is 0 Å². The molecule has 0 fully saturated rings. The van der Waals surface area contributed by atoms with Crippen molar-refractivity contribution < 1.29 is 15.0 Å². The van der Waals surface area contributed by atoms with Crippen molar-refractivity contribution in [2.45, 2.75) is 118 Å². The van der Waals surface area contributed by atoms with E-state index in [4.69, 9.17) is 5.11 Å². The minimum atomic E-state index is -0.676. The van der Waals surface area contributed by atoms with Gasteiger partial charge in [0, 0.05) is 0 Å². The van der Waals surface area contributed by atoms with Crippen molar-refractivity contribution in [2.75, 3.05) is 0 Å². The number of hydrogen-bond donors (Lipinski definition) is 2. The van der Waals surface area contributed by atoms with Gasteiger partial charge in [-0.25, -0.2) is 0 Å².